The predicted molar refractivity (Wildman–Crippen MR) is 103 cm³/mol. The molecule has 1 amide bonds. The molecule has 0 spiro atoms. The van der Waals surface area contributed by atoms with Crippen LogP contribution >= 0.6 is 11.3 Å². The van der Waals surface area contributed by atoms with E-state index in [1.165, 1.54) is 23.5 Å². The number of carboxylic acids is 1. The van der Waals surface area contributed by atoms with Gasteiger partial charge in [0.1, 0.15) is 5.00 Å². The molecule has 1 aromatic carbocycles. The molecular weight excluding hydrogens is 366 g/mol. The minimum atomic E-state index is -1.18. The fourth-order valence-electron chi connectivity index (χ4n) is 3.30. The number of carbonyl (C=O) groups is 3. The molecule has 1 heterocycles. The van der Waals surface area contributed by atoms with Gasteiger partial charge < -0.3 is 15.2 Å². The molecule has 142 valence electrons. The molecule has 0 unspecified atom stereocenters. The molecule has 0 saturated heterocycles. The van der Waals surface area contributed by atoms with Gasteiger partial charge >= 0.3 is 11.9 Å². The maximum Gasteiger partial charge on any atom is 0.341 e. The Bertz CT molecular complexity index is 902. The van der Waals surface area contributed by atoms with Crippen LogP contribution in [0.25, 0.3) is 0 Å². The second-order valence-corrected chi connectivity index (χ2v) is 7.69. The second-order valence-electron chi connectivity index (χ2n) is 6.58. The van der Waals surface area contributed by atoms with E-state index in [1.54, 1.807) is 19.1 Å². The first kappa shape index (κ1) is 19.1. The van der Waals surface area contributed by atoms with Gasteiger partial charge in [0.25, 0.3) is 5.91 Å². The number of esters is 1. The summed E-state index contributed by atoms with van der Waals surface area (Å²) < 4.78 is 5.19. The van der Waals surface area contributed by atoms with E-state index in [2.05, 4.69) is 12.2 Å². The molecule has 3 rings (SSSR count). The molecular formula is C20H21NO5S. The largest absolute Gasteiger partial charge is 0.478 e. The lowest BCUT2D eigenvalue weighted by Gasteiger charge is -2.18. The van der Waals surface area contributed by atoms with Crippen LogP contribution in [0.1, 0.15) is 61.8 Å². The van der Waals surface area contributed by atoms with E-state index in [1.807, 2.05) is 0 Å². The number of nitrogens with one attached hydrogen (secondary N) is 1. The van der Waals surface area contributed by atoms with Gasteiger partial charge in [0, 0.05) is 4.88 Å². The molecule has 1 aliphatic carbocycles. The quantitative estimate of drug-likeness (QED) is 0.757. The Balaban J connectivity index is 1.98. The van der Waals surface area contributed by atoms with Gasteiger partial charge in [0.05, 0.1) is 23.3 Å². The third-order valence-electron chi connectivity index (χ3n) is 4.62. The van der Waals surface area contributed by atoms with Crippen molar-refractivity contribution in [1.82, 2.24) is 0 Å². The minimum Gasteiger partial charge on any atom is -0.478 e. The van der Waals surface area contributed by atoms with Gasteiger partial charge in [-0.1, -0.05) is 19.1 Å². The zero-order valence-electron chi connectivity index (χ0n) is 15.2. The normalized spacial score (nSPS) is 15.7. The van der Waals surface area contributed by atoms with Gasteiger partial charge in [0.2, 0.25) is 0 Å². The Morgan fingerprint density at radius 2 is 1.96 bits per heavy atom. The topological polar surface area (TPSA) is 92.7 Å². The monoisotopic (exact) mass is 387 g/mol. The summed E-state index contributed by atoms with van der Waals surface area (Å²) in [4.78, 5) is 37.7. The number of amides is 1. The summed E-state index contributed by atoms with van der Waals surface area (Å²) in [5.41, 5.74) is 1.32. The Labute approximate surface area is 161 Å². The summed E-state index contributed by atoms with van der Waals surface area (Å²) in [6, 6.07) is 6.01. The van der Waals surface area contributed by atoms with Crippen LogP contribution in [0.5, 0.6) is 0 Å². The summed E-state index contributed by atoms with van der Waals surface area (Å²) in [7, 11) is 0. The lowest BCUT2D eigenvalue weighted by Crippen LogP contribution is -2.18. The highest BCUT2D eigenvalue weighted by molar-refractivity contribution is 7.17. The number of carboxylic acid groups (broad SMARTS) is 1. The van der Waals surface area contributed by atoms with Gasteiger partial charge in [0.15, 0.2) is 0 Å². The fraction of sp³-hybridized carbons (Fsp3) is 0.350. The Hall–Kier alpha value is -2.67. The highest BCUT2D eigenvalue weighted by Crippen LogP contribution is 2.40. The van der Waals surface area contributed by atoms with Crippen molar-refractivity contribution in [2.24, 2.45) is 5.92 Å². The predicted octanol–water partition coefficient (Wildman–Crippen LogP) is 4.00. The van der Waals surface area contributed by atoms with Gasteiger partial charge in [-0.2, -0.15) is 0 Å². The molecule has 1 atom stereocenters. The number of hydrogen-bond donors (Lipinski definition) is 2. The van der Waals surface area contributed by atoms with Gasteiger partial charge in [-0.3, -0.25) is 4.79 Å². The first-order valence-corrected chi connectivity index (χ1v) is 9.69. The number of rotatable bonds is 5. The highest BCUT2D eigenvalue weighted by Gasteiger charge is 2.29. The zero-order chi connectivity index (χ0) is 19.6. The van der Waals surface area contributed by atoms with E-state index >= 15 is 0 Å². The molecule has 0 bridgehead atoms. The number of aromatic carboxylic acids is 1. The highest BCUT2D eigenvalue weighted by atomic mass is 32.1. The molecule has 2 aromatic rings. The van der Waals surface area contributed by atoms with E-state index in [-0.39, 0.29) is 17.7 Å². The summed E-state index contributed by atoms with van der Waals surface area (Å²) in [6.45, 7) is 4.14. The van der Waals surface area contributed by atoms with Crippen LogP contribution in [0.2, 0.25) is 0 Å². The lowest BCUT2D eigenvalue weighted by atomic mass is 9.88. The van der Waals surface area contributed by atoms with Crippen LogP contribution in [0, 0.1) is 5.92 Å². The van der Waals surface area contributed by atoms with E-state index in [0.717, 1.165) is 29.7 Å². The molecule has 0 aliphatic heterocycles. The molecule has 1 aromatic heterocycles. The average Bonchev–Trinajstić information content (AvgIpc) is 2.98. The molecule has 0 radical (unpaired) electrons. The van der Waals surface area contributed by atoms with Crippen molar-refractivity contribution < 1.29 is 24.2 Å². The van der Waals surface area contributed by atoms with Crippen LogP contribution in [0.4, 0.5) is 5.00 Å². The van der Waals surface area contributed by atoms with E-state index in [9.17, 15) is 19.5 Å². The third-order valence-corrected chi connectivity index (χ3v) is 5.79. The van der Waals surface area contributed by atoms with E-state index < -0.39 is 17.8 Å². The number of carbonyl (C=O) groups excluding carboxylic acids is 2. The van der Waals surface area contributed by atoms with E-state index in [0.29, 0.717) is 16.5 Å². The van der Waals surface area contributed by atoms with Gasteiger partial charge in [-0.05, 0) is 49.8 Å². The lowest BCUT2D eigenvalue weighted by molar-refractivity contribution is 0.0526. The number of thiophene rings is 1. The first-order valence-electron chi connectivity index (χ1n) is 8.87. The van der Waals surface area contributed by atoms with Crippen molar-refractivity contribution in [3.63, 3.8) is 0 Å². The molecule has 2 N–H and O–H groups in total. The summed E-state index contributed by atoms with van der Waals surface area (Å²) >= 11 is 1.38. The van der Waals surface area contributed by atoms with Crippen molar-refractivity contribution in [3.05, 3.63) is 51.4 Å². The van der Waals surface area contributed by atoms with Crippen LogP contribution < -0.4 is 5.32 Å². The van der Waals surface area contributed by atoms with Gasteiger partial charge in [-0.15, -0.1) is 11.3 Å². The summed E-state index contributed by atoms with van der Waals surface area (Å²) in [6.07, 6.45) is 2.60. The Morgan fingerprint density at radius 3 is 2.63 bits per heavy atom. The smallest absolute Gasteiger partial charge is 0.341 e. The van der Waals surface area contributed by atoms with Crippen LogP contribution in [0.15, 0.2) is 24.3 Å². The van der Waals surface area contributed by atoms with Crippen LogP contribution in [-0.4, -0.2) is 29.6 Å². The van der Waals surface area contributed by atoms with Crippen molar-refractivity contribution in [3.8, 4) is 0 Å². The van der Waals surface area contributed by atoms with Crippen molar-refractivity contribution in [2.45, 2.75) is 33.1 Å². The van der Waals surface area contributed by atoms with Crippen molar-refractivity contribution in [1.29, 1.82) is 0 Å². The first-order chi connectivity index (χ1) is 12.9. The Kier molecular flexibility index (Phi) is 5.60. The average molecular weight is 387 g/mol. The van der Waals surface area contributed by atoms with E-state index in [4.69, 9.17) is 4.74 Å². The zero-order valence-corrected chi connectivity index (χ0v) is 16.0. The SMILES string of the molecule is CCOC(=O)c1c(NC(=O)c2ccccc2C(=O)O)sc2c1CC[C@@H](C)C2. The molecule has 7 heteroatoms. The standard InChI is InChI=1S/C20H21NO5S/c1-3-26-20(25)16-14-9-8-11(2)10-15(14)27-18(16)21-17(22)12-6-4-5-7-13(12)19(23)24/h4-7,11H,3,8-10H2,1-2H3,(H,21,22)(H,23,24)/t11-/m1/s1. The van der Waals surface area contributed by atoms with Crippen LogP contribution in [-0.2, 0) is 17.6 Å². The molecule has 0 saturated carbocycles. The number of hydrogen-bond acceptors (Lipinski definition) is 5. The Morgan fingerprint density at radius 1 is 1.26 bits per heavy atom. The van der Waals surface area contributed by atoms with Gasteiger partial charge in [-0.25, -0.2) is 9.59 Å². The van der Waals surface area contributed by atoms with Crippen LogP contribution in [0.3, 0.4) is 0 Å². The molecule has 0 fully saturated rings. The summed E-state index contributed by atoms with van der Waals surface area (Å²) in [5.74, 6) is -1.66. The maximum absolute atomic E-state index is 12.7. The fourth-order valence-corrected chi connectivity index (χ4v) is 4.69. The minimum absolute atomic E-state index is 0.0551. The number of fused-ring (bicyclic) bond motifs is 1. The number of anilines is 1. The van der Waals surface area contributed by atoms with Crippen molar-refractivity contribution >= 4 is 34.2 Å². The third kappa shape index (κ3) is 3.88. The number of benzene rings is 1. The van der Waals surface area contributed by atoms with Crippen molar-refractivity contribution in [2.75, 3.05) is 11.9 Å². The molecule has 1 aliphatic rings. The maximum atomic E-state index is 12.7. The second kappa shape index (κ2) is 7.92. The molecule has 27 heavy (non-hydrogen) atoms. The molecule has 6 nitrogen and oxygen atoms in total. The summed E-state index contributed by atoms with van der Waals surface area (Å²) in [5, 5.41) is 12.5. The number of ether oxygens (including phenoxy) is 1.